The molecule has 0 saturated heterocycles. The molecule has 18 heavy (non-hydrogen) atoms. The van der Waals surface area contributed by atoms with Crippen LogP contribution in [0.15, 0.2) is 0 Å². The second-order valence-corrected chi connectivity index (χ2v) is 4.93. The molecule has 106 valence electrons. The number of hydrogen-bond acceptors (Lipinski definition) is 3. The van der Waals surface area contributed by atoms with E-state index in [9.17, 15) is 9.59 Å². The zero-order valence-electron chi connectivity index (χ0n) is 11.8. The Hall–Kier alpha value is -1.06. The first kappa shape index (κ1) is 16.9. The number of ether oxygens (including phenoxy) is 1. The van der Waals surface area contributed by atoms with Gasteiger partial charge in [-0.05, 0) is 26.2 Å². The Kier molecular flexibility index (Phi) is 9.33. The van der Waals surface area contributed by atoms with E-state index in [1.54, 1.807) is 6.92 Å². The molecule has 4 heteroatoms. The SMILES string of the molecule is CCCCCCC(=O)OC(C)CCC(C)C(=O)O. The number of carboxylic acid groups (broad SMARTS) is 1. The van der Waals surface area contributed by atoms with Gasteiger partial charge in [0.25, 0.3) is 0 Å². The van der Waals surface area contributed by atoms with E-state index >= 15 is 0 Å². The number of carbonyl (C=O) groups excluding carboxylic acids is 1. The van der Waals surface area contributed by atoms with Gasteiger partial charge in [-0.25, -0.2) is 0 Å². The van der Waals surface area contributed by atoms with Crippen LogP contribution in [0, 0.1) is 5.92 Å². The van der Waals surface area contributed by atoms with Crippen LogP contribution >= 0.6 is 0 Å². The number of unbranched alkanes of at least 4 members (excludes halogenated alkanes) is 3. The van der Waals surface area contributed by atoms with Gasteiger partial charge in [-0.3, -0.25) is 9.59 Å². The number of esters is 1. The van der Waals surface area contributed by atoms with Crippen molar-refractivity contribution in [3.8, 4) is 0 Å². The number of aliphatic carboxylic acids is 1. The fourth-order valence-electron chi connectivity index (χ4n) is 1.65. The highest BCUT2D eigenvalue weighted by atomic mass is 16.5. The standard InChI is InChI=1S/C14H26O4/c1-4-5-6-7-8-13(15)18-12(3)10-9-11(2)14(16)17/h11-12H,4-10H2,1-3H3,(H,16,17). The molecule has 0 aromatic heterocycles. The monoisotopic (exact) mass is 258 g/mol. The van der Waals surface area contributed by atoms with Crippen LogP contribution in [0.25, 0.3) is 0 Å². The molecule has 4 nitrogen and oxygen atoms in total. The Morgan fingerprint density at radius 2 is 1.78 bits per heavy atom. The van der Waals surface area contributed by atoms with E-state index in [0.717, 1.165) is 25.7 Å². The Balaban J connectivity index is 3.64. The summed E-state index contributed by atoms with van der Waals surface area (Å²) < 4.78 is 5.23. The average molecular weight is 258 g/mol. The summed E-state index contributed by atoms with van der Waals surface area (Å²) in [5, 5.41) is 8.74. The summed E-state index contributed by atoms with van der Waals surface area (Å²) in [6.07, 6.45) is 5.68. The molecule has 0 aliphatic heterocycles. The summed E-state index contributed by atoms with van der Waals surface area (Å²) in [5.74, 6) is -1.34. The van der Waals surface area contributed by atoms with Gasteiger partial charge < -0.3 is 9.84 Å². The molecule has 0 aliphatic rings. The van der Waals surface area contributed by atoms with Gasteiger partial charge in [0.2, 0.25) is 0 Å². The van der Waals surface area contributed by atoms with Crippen molar-refractivity contribution in [3.05, 3.63) is 0 Å². The van der Waals surface area contributed by atoms with Gasteiger partial charge in [-0.15, -0.1) is 0 Å². The first-order chi connectivity index (χ1) is 8.47. The smallest absolute Gasteiger partial charge is 0.306 e. The number of rotatable bonds is 10. The van der Waals surface area contributed by atoms with Gasteiger partial charge in [-0.1, -0.05) is 33.1 Å². The van der Waals surface area contributed by atoms with Crippen molar-refractivity contribution in [1.82, 2.24) is 0 Å². The predicted molar refractivity (Wildman–Crippen MR) is 70.3 cm³/mol. The van der Waals surface area contributed by atoms with Crippen molar-refractivity contribution < 1.29 is 19.4 Å². The van der Waals surface area contributed by atoms with Crippen molar-refractivity contribution in [2.45, 2.75) is 71.8 Å². The van der Waals surface area contributed by atoms with Gasteiger partial charge in [0, 0.05) is 6.42 Å². The molecule has 2 atom stereocenters. The highest BCUT2D eigenvalue weighted by Crippen LogP contribution is 2.12. The minimum atomic E-state index is -0.798. The third kappa shape index (κ3) is 9.02. The lowest BCUT2D eigenvalue weighted by Gasteiger charge is -2.14. The normalized spacial score (nSPS) is 13.9. The number of carbonyl (C=O) groups is 2. The van der Waals surface area contributed by atoms with Crippen LogP contribution in [-0.2, 0) is 14.3 Å². The largest absolute Gasteiger partial charge is 0.481 e. The maximum atomic E-state index is 11.5. The Morgan fingerprint density at radius 3 is 2.33 bits per heavy atom. The van der Waals surface area contributed by atoms with Crippen LogP contribution in [0.2, 0.25) is 0 Å². The summed E-state index contributed by atoms with van der Waals surface area (Å²) in [7, 11) is 0. The zero-order valence-corrected chi connectivity index (χ0v) is 11.8. The van der Waals surface area contributed by atoms with Crippen LogP contribution < -0.4 is 0 Å². The van der Waals surface area contributed by atoms with Gasteiger partial charge >= 0.3 is 11.9 Å². The highest BCUT2D eigenvalue weighted by Gasteiger charge is 2.14. The molecule has 0 heterocycles. The molecule has 1 N–H and O–H groups in total. The quantitative estimate of drug-likeness (QED) is 0.482. The molecule has 0 amide bonds. The molecular formula is C14H26O4. The summed E-state index contributed by atoms with van der Waals surface area (Å²) >= 11 is 0. The van der Waals surface area contributed by atoms with Gasteiger partial charge in [0.1, 0.15) is 0 Å². The first-order valence-corrected chi connectivity index (χ1v) is 6.89. The molecule has 2 unspecified atom stereocenters. The maximum Gasteiger partial charge on any atom is 0.306 e. The highest BCUT2D eigenvalue weighted by molar-refractivity contribution is 5.70. The van der Waals surface area contributed by atoms with Crippen molar-refractivity contribution in [1.29, 1.82) is 0 Å². The van der Waals surface area contributed by atoms with E-state index in [1.165, 1.54) is 0 Å². The molecule has 0 spiro atoms. The minimum absolute atomic E-state index is 0.165. The summed E-state index contributed by atoms with van der Waals surface area (Å²) in [4.78, 5) is 22.1. The van der Waals surface area contributed by atoms with E-state index in [0.29, 0.717) is 19.3 Å². The molecule has 0 aliphatic carbocycles. The summed E-state index contributed by atoms with van der Waals surface area (Å²) in [6.45, 7) is 5.62. The summed E-state index contributed by atoms with van der Waals surface area (Å²) in [5.41, 5.74) is 0. The third-order valence-corrected chi connectivity index (χ3v) is 2.99. The van der Waals surface area contributed by atoms with E-state index in [2.05, 4.69) is 6.92 Å². The molecule has 0 fully saturated rings. The first-order valence-electron chi connectivity index (χ1n) is 6.89. The van der Waals surface area contributed by atoms with E-state index in [-0.39, 0.29) is 18.0 Å². The summed E-state index contributed by atoms with van der Waals surface area (Å²) in [6, 6.07) is 0. The van der Waals surface area contributed by atoms with Crippen molar-refractivity contribution in [2.24, 2.45) is 5.92 Å². The molecule has 0 rings (SSSR count). The maximum absolute atomic E-state index is 11.5. The number of hydrogen-bond donors (Lipinski definition) is 1. The van der Waals surface area contributed by atoms with Crippen LogP contribution in [0.4, 0.5) is 0 Å². The van der Waals surface area contributed by atoms with E-state index in [4.69, 9.17) is 9.84 Å². The van der Waals surface area contributed by atoms with Crippen LogP contribution in [0.1, 0.15) is 65.7 Å². The minimum Gasteiger partial charge on any atom is -0.481 e. The number of carboxylic acids is 1. The third-order valence-electron chi connectivity index (χ3n) is 2.99. The topological polar surface area (TPSA) is 63.6 Å². The Morgan fingerprint density at radius 1 is 1.11 bits per heavy atom. The van der Waals surface area contributed by atoms with E-state index < -0.39 is 5.97 Å². The molecule has 0 aromatic carbocycles. The second-order valence-electron chi connectivity index (χ2n) is 4.93. The lowest BCUT2D eigenvalue weighted by atomic mass is 10.0. The van der Waals surface area contributed by atoms with Crippen molar-refractivity contribution in [2.75, 3.05) is 0 Å². The Bertz CT molecular complexity index is 250. The Labute approximate surface area is 110 Å². The zero-order chi connectivity index (χ0) is 14.0. The molecular weight excluding hydrogens is 232 g/mol. The fourth-order valence-corrected chi connectivity index (χ4v) is 1.65. The lowest BCUT2D eigenvalue weighted by Crippen LogP contribution is -2.17. The van der Waals surface area contributed by atoms with Crippen molar-refractivity contribution >= 4 is 11.9 Å². The molecule has 0 bridgehead atoms. The van der Waals surface area contributed by atoms with Gasteiger partial charge in [0.15, 0.2) is 0 Å². The molecule has 0 aromatic rings. The molecule has 0 saturated carbocycles. The van der Waals surface area contributed by atoms with Gasteiger partial charge in [-0.2, -0.15) is 0 Å². The lowest BCUT2D eigenvalue weighted by molar-refractivity contribution is -0.148. The van der Waals surface area contributed by atoms with Crippen LogP contribution in [-0.4, -0.2) is 23.1 Å². The fraction of sp³-hybridized carbons (Fsp3) is 0.857. The van der Waals surface area contributed by atoms with Crippen molar-refractivity contribution in [3.63, 3.8) is 0 Å². The van der Waals surface area contributed by atoms with Crippen LogP contribution in [0.3, 0.4) is 0 Å². The predicted octanol–water partition coefficient (Wildman–Crippen LogP) is 3.39. The molecule has 0 radical (unpaired) electrons. The van der Waals surface area contributed by atoms with Crippen LogP contribution in [0.5, 0.6) is 0 Å². The van der Waals surface area contributed by atoms with Gasteiger partial charge in [0.05, 0.1) is 12.0 Å². The average Bonchev–Trinajstić information content (AvgIpc) is 2.31. The second kappa shape index (κ2) is 9.92. The van der Waals surface area contributed by atoms with E-state index in [1.807, 2.05) is 6.92 Å².